The molecule has 1 atom stereocenters. The minimum Gasteiger partial charge on any atom is -0.381 e. The van der Waals surface area contributed by atoms with Crippen LogP contribution in [-0.4, -0.2) is 18.5 Å². The number of primary amides is 1. The fourth-order valence-electron chi connectivity index (χ4n) is 1.08. The first-order chi connectivity index (χ1) is 7.00. The Morgan fingerprint density at radius 2 is 2.27 bits per heavy atom. The van der Waals surface area contributed by atoms with E-state index in [4.69, 9.17) is 11.5 Å². The van der Waals surface area contributed by atoms with E-state index in [1.165, 1.54) is 6.07 Å². The Bertz CT molecular complexity index is 368. The van der Waals surface area contributed by atoms with Crippen LogP contribution in [-0.2, 0) is 4.79 Å². The molecular weight excluding hydrogens is 197 g/mol. The first kappa shape index (κ1) is 11.5. The van der Waals surface area contributed by atoms with Gasteiger partial charge in [0.2, 0.25) is 5.91 Å². The lowest BCUT2D eigenvalue weighted by atomic mass is 10.2. The van der Waals surface area contributed by atoms with Gasteiger partial charge in [0.15, 0.2) is 0 Å². The van der Waals surface area contributed by atoms with Crippen molar-refractivity contribution >= 4 is 11.6 Å². The van der Waals surface area contributed by atoms with E-state index in [1.54, 1.807) is 19.1 Å². The molecular formula is C10H14FN3O. The molecule has 0 aromatic heterocycles. The summed E-state index contributed by atoms with van der Waals surface area (Å²) >= 11 is 0. The predicted octanol–water partition coefficient (Wildman–Crippen LogP) is 0.359. The zero-order valence-corrected chi connectivity index (χ0v) is 8.46. The molecule has 0 bridgehead atoms. The maximum Gasteiger partial charge on any atom is 0.236 e. The number of nitrogens with one attached hydrogen (secondary N) is 1. The van der Waals surface area contributed by atoms with E-state index in [2.05, 4.69) is 5.32 Å². The van der Waals surface area contributed by atoms with Gasteiger partial charge in [-0.1, -0.05) is 6.07 Å². The molecule has 1 rings (SSSR count). The summed E-state index contributed by atoms with van der Waals surface area (Å²) in [5, 5.41) is 2.72. The highest BCUT2D eigenvalue weighted by Crippen LogP contribution is 2.14. The number of nitrogens with two attached hydrogens (primary N) is 2. The highest BCUT2D eigenvalue weighted by atomic mass is 19.1. The van der Waals surface area contributed by atoms with Crippen molar-refractivity contribution in [3.05, 3.63) is 29.6 Å². The monoisotopic (exact) mass is 211 g/mol. The molecule has 0 aliphatic carbocycles. The second-order valence-corrected chi connectivity index (χ2v) is 3.37. The Hall–Kier alpha value is -1.62. The molecule has 0 aliphatic heterocycles. The Kier molecular flexibility index (Phi) is 3.62. The number of halogens is 1. The SMILES string of the molecule is Cc1ccc(NCC(N)C(N)=O)c(F)c1. The van der Waals surface area contributed by atoms with Crippen molar-refractivity contribution in [1.82, 2.24) is 0 Å². The Morgan fingerprint density at radius 3 is 2.80 bits per heavy atom. The Morgan fingerprint density at radius 1 is 1.60 bits per heavy atom. The van der Waals surface area contributed by atoms with E-state index in [9.17, 15) is 9.18 Å². The smallest absolute Gasteiger partial charge is 0.236 e. The van der Waals surface area contributed by atoms with Crippen LogP contribution in [0.5, 0.6) is 0 Å². The summed E-state index contributed by atoms with van der Waals surface area (Å²) in [4.78, 5) is 10.6. The third kappa shape index (κ3) is 3.21. The summed E-state index contributed by atoms with van der Waals surface area (Å²) in [6.07, 6.45) is 0. The number of hydrogen-bond donors (Lipinski definition) is 3. The minimum atomic E-state index is -0.814. The van der Waals surface area contributed by atoms with Gasteiger partial charge in [0.05, 0.1) is 5.69 Å². The van der Waals surface area contributed by atoms with E-state index in [0.29, 0.717) is 5.69 Å². The number of amides is 1. The largest absolute Gasteiger partial charge is 0.381 e. The number of hydrogen-bond acceptors (Lipinski definition) is 3. The van der Waals surface area contributed by atoms with Crippen molar-refractivity contribution in [3.8, 4) is 0 Å². The first-order valence-corrected chi connectivity index (χ1v) is 4.55. The van der Waals surface area contributed by atoms with Crippen LogP contribution < -0.4 is 16.8 Å². The fourth-order valence-corrected chi connectivity index (χ4v) is 1.08. The number of carbonyl (C=O) groups is 1. The third-order valence-corrected chi connectivity index (χ3v) is 2.00. The average molecular weight is 211 g/mol. The average Bonchev–Trinajstić information content (AvgIpc) is 2.15. The molecule has 0 fully saturated rings. The molecule has 0 aliphatic rings. The van der Waals surface area contributed by atoms with E-state index in [-0.39, 0.29) is 12.4 Å². The quantitative estimate of drug-likeness (QED) is 0.672. The topological polar surface area (TPSA) is 81.1 Å². The number of carbonyl (C=O) groups excluding carboxylic acids is 1. The van der Waals surface area contributed by atoms with Crippen LogP contribution in [0, 0.1) is 12.7 Å². The van der Waals surface area contributed by atoms with Crippen LogP contribution >= 0.6 is 0 Å². The molecule has 0 saturated carbocycles. The summed E-state index contributed by atoms with van der Waals surface area (Å²) in [5.41, 5.74) is 11.5. The molecule has 0 heterocycles. The molecule has 82 valence electrons. The molecule has 1 unspecified atom stereocenters. The van der Waals surface area contributed by atoms with Crippen molar-refractivity contribution in [2.24, 2.45) is 11.5 Å². The lowest BCUT2D eigenvalue weighted by molar-refractivity contribution is -0.118. The second-order valence-electron chi connectivity index (χ2n) is 3.37. The molecule has 15 heavy (non-hydrogen) atoms. The number of anilines is 1. The van der Waals surface area contributed by atoms with Crippen LogP contribution in [0.2, 0.25) is 0 Å². The first-order valence-electron chi connectivity index (χ1n) is 4.55. The van der Waals surface area contributed by atoms with E-state index in [1.807, 2.05) is 0 Å². The van der Waals surface area contributed by atoms with Gasteiger partial charge in [-0.25, -0.2) is 4.39 Å². The second kappa shape index (κ2) is 4.75. The normalized spacial score (nSPS) is 12.2. The zero-order chi connectivity index (χ0) is 11.4. The maximum absolute atomic E-state index is 13.3. The van der Waals surface area contributed by atoms with Crippen LogP contribution in [0.1, 0.15) is 5.56 Å². The summed E-state index contributed by atoms with van der Waals surface area (Å²) in [5.74, 6) is -0.985. The minimum absolute atomic E-state index is 0.120. The number of benzene rings is 1. The van der Waals surface area contributed by atoms with E-state index >= 15 is 0 Å². The summed E-state index contributed by atoms with van der Waals surface area (Å²) < 4.78 is 13.3. The van der Waals surface area contributed by atoms with Gasteiger partial charge < -0.3 is 16.8 Å². The van der Waals surface area contributed by atoms with Crippen molar-refractivity contribution in [2.45, 2.75) is 13.0 Å². The maximum atomic E-state index is 13.3. The van der Waals surface area contributed by atoms with Gasteiger partial charge in [0.25, 0.3) is 0 Å². The van der Waals surface area contributed by atoms with Crippen LogP contribution in [0.25, 0.3) is 0 Å². The van der Waals surface area contributed by atoms with Gasteiger partial charge >= 0.3 is 0 Å². The molecule has 0 spiro atoms. The zero-order valence-electron chi connectivity index (χ0n) is 8.46. The Balaban J connectivity index is 2.62. The van der Waals surface area contributed by atoms with Crippen LogP contribution in [0.4, 0.5) is 10.1 Å². The molecule has 1 aromatic rings. The number of rotatable bonds is 4. The molecule has 5 heteroatoms. The molecule has 1 aromatic carbocycles. The van der Waals surface area contributed by atoms with Crippen LogP contribution in [0.3, 0.4) is 0 Å². The van der Waals surface area contributed by atoms with E-state index < -0.39 is 11.9 Å². The van der Waals surface area contributed by atoms with Crippen molar-refractivity contribution in [3.63, 3.8) is 0 Å². The van der Waals surface area contributed by atoms with Crippen molar-refractivity contribution in [2.75, 3.05) is 11.9 Å². The third-order valence-electron chi connectivity index (χ3n) is 2.00. The highest BCUT2D eigenvalue weighted by Gasteiger charge is 2.09. The molecule has 5 N–H and O–H groups in total. The van der Waals surface area contributed by atoms with Gasteiger partial charge in [-0.05, 0) is 24.6 Å². The van der Waals surface area contributed by atoms with Gasteiger partial charge in [0, 0.05) is 6.54 Å². The summed E-state index contributed by atoms with van der Waals surface area (Å²) in [7, 11) is 0. The fraction of sp³-hybridized carbons (Fsp3) is 0.300. The molecule has 0 radical (unpaired) electrons. The van der Waals surface area contributed by atoms with Crippen molar-refractivity contribution in [1.29, 1.82) is 0 Å². The Labute approximate surface area is 87.4 Å². The lowest BCUT2D eigenvalue weighted by Crippen LogP contribution is -2.41. The molecule has 4 nitrogen and oxygen atoms in total. The van der Waals surface area contributed by atoms with Crippen molar-refractivity contribution < 1.29 is 9.18 Å². The van der Waals surface area contributed by atoms with Gasteiger partial charge in [0.1, 0.15) is 11.9 Å². The molecule has 1 amide bonds. The predicted molar refractivity (Wildman–Crippen MR) is 56.8 cm³/mol. The molecule has 0 saturated heterocycles. The number of aryl methyl sites for hydroxylation is 1. The standard InChI is InChI=1S/C10H14FN3O/c1-6-2-3-9(7(11)4-6)14-5-8(12)10(13)15/h2-4,8,14H,5,12H2,1H3,(H2,13,15). The lowest BCUT2D eigenvalue weighted by Gasteiger charge is -2.11. The summed E-state index contributed by atoms with van der Waals surface area (Å²) in [6, 6.07) is 3.95. The van der Waals surface area contributed by atoms with Gasteiger partial charge in [-0.3, -0.25) is 4.79 Å². The highest BCUT2D eigenvalue weighted by molar-refractivity contribution is 5.80. The van der Waals surface area contributed by atoms with Crippen LogP contribution in [0.15, 0.2) is 18.2 Å². The summed E-state index contributed by atoms with van der Waals surface area (Å²) in [6.45, 7) is 1.91. The van der Waals surface area contributed by atoms with Gasteiger partial charge in [-0.15, -0.1) is 0 Å². The van der Waals surface area contributed by atoms with Gasteiger partial charge in [-0.2, -0.15) is 0 Å². The van der Waals surface area contributed by atoms with E-state index in [0.717, 1.165) is 5.56 Å².